The van der Waals surface area contributed by atoms with Crippen molar-refractivity contribution in [2.45, 2.75) is 32.7 Å². The van der Waals surface area contributed by atoms with E-state index in [1.807, 2.05) is 0 Å². The van der Waals surface area contributed by atoms with Crippen LogP contribution in [0.3, 0.4) is 0 Å². The first-order valence-electron chi connectivity index (χ1n) is 6.55. The van der Waals surface area contributed by atoms with Crippen molar-refractivity contribution < 1.29 is 8.42 Å². The number of benzene rings is 1. The average molecular weight is 267 g/mol. The van der Waals surface area contributed by atoms with Crippen LogP contribution < -0.4 is 5.32 Å². The van der Waals surface area contributed by atoms with Crippen LogP contribution in [0.4, 0.5) is 0 Å². The molecule has 0 aliphatic heterocycles. The van der Waals surface area contributed by atoms with E-state index in [0.717, 1.165) is 12.8 Å². The van der Waals surface area contributed by atoms with Crippen LogP contribution in [-0.2, 0) is 16.3 Å². The summed E-state index contributed by atoms with van der Waals surface area (Å²) in [6.45, 7) is 4.34. The molecular weight excluding hydrogens is 246 g/mol. The van der Waals surface area contributed by atoms with Gasteiger partial charge in [0.25, 0.3) is 0 Å². The summed E-state index contributed by atoms with van der Waals surface area (Å²) in [6.07, 6.45) is 2.17. The van der Waals surface area contributed by atoms with Gasteiger partial charge in [0.1, 0.15) is 0 Å². The molecule has 100 valence electrons. The maximum Gasteiger partial charge on any atom is 0.151 e. The Balaban J connectivity index is 1.96. The van der Waals surface area contributed by atoms with Gasteiger partial charge in [0.2, 0.25) is 0 Å². The SMILES string of the molecule is CCS(=O)(=O)CCNC1CCc2ccc(C)cc21. The van der Waals surface area contributed by atoms with Crippen molar-refractivity contribution in [3.05, 3.63) is 34.9 Å². The molecule has 0 radical (unpaired) electrons. The summed E-state index contributed by atoms with van der Waals surface area (Å²) in [7, 11) is -2.86. The van der Waals surface area contributed by atoms with E-state index < -0.39 is 9.84 Å². The predicted octanol–water partition coefficient (Wildman–Crippen LogP) is 2.01. The van der Waals surface area contributed by atoms with Crippen molar-refractivity contribution >= 4 is 9.84 Å². The highest BCUT2D eigenvalue weighted by Gasteiger charge is 2.22. The molecule has 18 heavy (non-hydrogen) atoms. The zero-order chi connectivity index (χ0) is 13.2. The summed E-state index contributed by atoms with van der Waals surface area (Å²) in [4.78, 5) is 0. The van der Waals surface area contributed by atoms with E-state index in [9.17, 15) is 8.42 Å². The van der Waals surface area contributed by atoms with E-state index in [-0.39, 0.29) is 11.5 Å². The fourth-order valence-corrected chi connectivity index (χ4v) is 3.18. The number of sulfone groups is 1. The third-order valence-corrected chi connectivity index (χ3v) is 5.33. The van der Waals surface area contributed by atoms with Crippen molar-refractivity contribution in [1.82, 2.24) is 5.32 Å². The molecule has 0 saturated heterocycles. The molecule has 4 heteroatoms. The molecule has 1 N–H and O–H groups in total. The Hall–Kier alpha value is -0.870. The highest BCUT2D eigenvalue weighted by atomic mass is 32.2. The Kier molecular flexibility index (Phi) is 4.07. The van der Waals surface area contributed by atoms with Crippen LogP contribution in [0.15, 0.2) is 18.2 Å². The third-order valence-electron chi connectivity index (χ3n) is 3.62. The van der Waals surface area contributed by atoms with Crippen LogP contribution in [0, 0.1) is 6.92 Å². The number of nitrogens with one attached hydrogen (secondary N) is 1. The van der Waals surface area contributed by atoms with Crippen LogP contribution >= 0.6 is 0 Å². The maximum atomic E-state index is 11.4. The molecule has 0 bridgehead atoms. The van der Waals surface area contributed by atoms with Gasteiger partial charge in [0.05, 0.1) is 5.75 Å². The standard InChI is InChI=1S/C14H21NO2S/c1-3-18(16,17)9-8-15-14-7-6-12-5-4-11(2)10-13(12)14/h4-5,10,14-15H,3,6-9H2,1-2H3. The molecule has 0 spiro atoms. The molecule has 0 amide bonds. The van der Waals surface area contributed by atoms with Gasteiger partial charge in [-0.3, -0.25) is 0 Å². The summed E-state index contributed by atoms with van der Waals surface area (Å²) < 4.78 is 22.9. The molecule has 2 rings (SSSR count). The van der Waals surface area contributed by atoms with Gasteiger partial charge in [0, 0.05) is 18.3 Å². The fraction of sp³-hybridized carbons (Fsp3) is 0.571. The largest absolute Gasteiger partial charge is 0.309 e. The van der Waals surface area contributed by atoms with Crippen LogP contribution in [0.1, 0.15) is 36.1 Å². The first-order chi connectivity index (χ1) is 8.52. The zero-order valence-electron chi connectivity index (χ0n) is 11.1. The van der Waals surface area contributed by atoms with Crippen molar-refractivity contribution in [1.29, 1.82) is 0 Å². The molecule has 3 nitrogen and oxygen atoms in total. The van der Waals surface area contributed by atoms with Gasteiger partial charge in [0.15, 0.2) is 9.84 Å². The summed E-state index contributed by atoms with van der Waals surface area (Å²) >= 11 is 0. The van der Waals surface area contributed by atoms with Crippen molar-refractivity contribution in [2.75, 3.05) is 18.1 Å². The molecule has 1 aliphatic rings. The first kappa shape index (κ1) is 13.6. The van der Waals surface area contributed by atoms with E-state index in [1.54, 1.807) is 6.92 Å². The number of fused-ring (bicyclic) bond motifs is 1. The van der Waals surface area contributed by atoms with Crippen LogP contribution in [0.5, 0.6) is 0 Å². The van der Waals surface area contributed by atoms with Gasteiger partial charge in [-0.1, -0.05) is 30.7 Å². The number of hydrogen-bond acceptors (Lipinski definition) is 3. The molecular formula is C14H21NO2S. The van der Waals surface area contributed by atoms with Gasteiger partial charge >= 0.3 is 0 Å². The van der Waals surface area contributed by atoms with Gasteiger partial charge in [-0.05, 0) is 30.9 Å². The first-order valence-corrected chi connectivity index (χ1v) is 8.37. The quantitative estimate of drug-likeness (QED) is 0.887. The number of aryl methyl sites for hydroxylation is 2. The summed E-state index contributed by atoms with van der Waals surface area (Å²) in [5, 5.41) is 3.38. The summed E-state index contributed by atoms with van der Waals surface area (Å²) in [5.74, 6) is 0.468. The minimum Gasteiger partial charge on any atom is -0.309 e. The lowest BCUT2D eigenvalue weighted by Crippen LogP contribution is -2.26. The number of rotatable bonds is 5. The van der Waals surface area contributed by atoms with Crippen molar-refractivity contribution in [3.63, 3.8) is 0 Å². The van der Waals surface area contributed by atoms with Crippen LogP contribution in [-0.4, -0.2) is 26.5 Å². The molecule has 0 fully saturated rings. The highest BCUT2D eigenvalue weighted by molar-refractivity contribution is 7.91. The second-order valence-corrected chi connectivity index (χ2v) is 7.46. The Morgan fingerprint density at radius 1 is 1.39 bits per heavy atom. The molecule has 1 unspecified atom stereocenters. The molecule has 1 aliphatic carbocycles. The minimum absolute atomic E-state index is 0.231. The summed E-state index contributed by atoms with van der Waals surface area (Å²) in [5.41, 5.74) is 4.02. The van der Waals surface area contributed by atoms with E-state index in [4.69, 9.17) is 0 Å². The van der Waals surface area contributed by atoms with E-state index in [0.29, 0.717) is 12.6 Å². The third kappa shape index (κ3) is 3.12. The van der Waals surface area contributed by atoms with Crippen LogP contribution in [0.25, 0.3) is 0 Å². The maximum absolute atomic E-state index is 11.4. The Bertz CT molecular complexity index is 523. The topological polar surface area (TPSA) is 46.2 Å². The average Bonchev–Trinajstić information content (AvgIpc) is 2.72. The van der Waals surface area contributed by atoms with Crippen LogP contribution in [0.2, 0.25) is 0 Å². The van der Waals surface area contributed by atoms with Gasteiger partial charge in [-0.25, -0.2) is 8.42 Å². The molecule has 1 atom stereocenters. The normalized spacial score (nSPS) is 18.9. The zero-order valence-corrected chi connectivity index (χ0v) is 11.9. The van der Waals surface area contributed by atoms with Gasteiger partial charge < -0.3 is 5.32 Å². The lowest BCUT2D eigenvalue weighted by atomic mass is 10.1. The van der Waals surface area contributed by atoms with E-state index in [2.05, 4.69) is 30.4 Å². The lowest BCUT2D eigenvalue weighted by molar-refractivity contribution is 0.541. The van der Waals surface area contributed by atoms with Crippen molar-refractivity contribution in [3.8, 4) is 0 Å². The number of hydrogen-bond donors (Lipinski definition) is 1. The van der Waals surface area contributed by atoms with Gasteiger partial charge in [-0.15, -0.1) is 0 Å². The second kappa shape index (κ2) is 5.41. The fourth-order valence-electron chi connectivity index (χ4n) is 2.47. The predicted molar refractivity (Wildman–Crippen MR) is 74.6 cm³/mol. The van der Waals surface area contributed by atoms with Gasteiger partial charge in [-0.2, -0.15) is 0 Å². The van der Waals surface area contributed by atoms with E-state index >= 15 is 0 Å². The minimum atomic E-state index is -2.86. The molecule has 1 aromatic carbocycles. The monoisotopic (exact) mass is 267 g/mol. The van der Waals surface area contributed by atoms with E-state index in [1.165, 1.54) is 16.7 Å². The Labute approximate surface area is 110 Å². The second-order valence-electron chi connectivity index (χ2n) is 4.98. The smallest absolute Gasteiger partial charge is 0.151 e. The molecule has 0 aromatic heterocycles. The molecule has 0 saturated carbocycles. The lowest BCUT2D eigenvalue weighted by Gasteiger charge is -2.14. The Morgan fingerprint density at radius 3 is 2.89 bits per heavy atom. The summed E-state index contributed by atoms with van der Waals surface area (Å²) in [6, 6.07) is 6.87. The highest BCUT2D eigenvalue weighted by Crippen LogP contribution is 2.31. The van der Waals surface area contributed by atoms with Crippen molar-refractivity contribution in [2.24, 2.45) is 0 Å². The molecule has 1 aromatic rings. The Morgan fingerprint density at radius 2 is 2.17 bits per heavy atom. The molecule has 0 heterocycles.